The van der Waals surface area contributed by atoms with Gasteiger partial charge in [-0.3, -0.25) is 9.69 Å². The molecule has 1 amide bonds. The van der Waals surface area contributed by atoms with E-state index in [1.165, 1.54) is 0 Å². The summed E-state index contributed by atoms with van der Waals surface area (Å²) in [5, 5.41) is 11.5. The second kappa shape index (κ2) is 6.15. The maximum Gasteiger partial charge on any atom is 0.328 e. The molecule has 2 rings (SSSR count). The third-order valence-electron chi connectivity index (χ3n) is 2.97. The summed E-state index contributed by atoms with van der Waals surface area (Å²) >= 11 is 0. The lowest BCUT2D eigenvalue weighted by Gasteiger charge is -2.26. The van der Waals surface area contributed by atoms with Crippen LogP contribution in [0.15, 0.2) is 30.3 Å². The first-order valence-corrected chi connectivity index (χ1v) is 6.13. The molecule has 0 saturated carbocycles. The number of benzene rings is 1. The van der Waals surface area contributed by atoms with Crippen LogP contribution >= 0.6 is 0 Å². The van der Waals surface area contributed by atoms with Crippen molar-refractivity contribution in [1.82, 2.24) is 10.2 Å². The summed E-state index contributed by atoms with van der Waals surface area (Å²) < 4.78 is 0. The molecule has 0 aromatic heterocycles. The van der Waals surface area contributed by atoms with E-state index >= 15 is 0 Å². The number of carboxylic acids is 1. The number of nitrogens with one attached hydrogen (secondary N) is 1. The van der Waals surface area contributed by atoms with Gasteiger partial charge in [-0.1, -0.05) is 24.3 Å². The number of piperazine rings is 1. The van der Waals surface area contributed by atoms with Crippen LogP contribution in [0, 0.1) is 0 Å². The molecular weight excluding hydrogens is 244 g/mol. The number of rotatable bonds is 4. The first kappa shape index (κ1) is 13.3. The fourth-order valence-electron chi connectivity index (χ4n) is 2.07. The van der Waals surface area contributed by atoms with Crippen molar-refractivity contribution in [3.63, 3.8) is 0 Å². The van der Waals surface area contributed by atoms with Crippen LogP contribution < -0.4 is 5.32 Å². The van der Waals surface area contributed by atoms with E-state index in [0.29, 0.717) is 19.6 Å². The Labute approximate surface area is 111 Å². The molecule has 0 spiro atoms. The standard InChI is InChI=1S/C14H16N2O3/c17-13-10-16(8-7-15-13)9-12-4-2-1-3-11(12)5-6-14(18)19/h1-6H,7-10H2,(H,15,17)(H,18,19). The van der Waals surface area contributed by atoms with E-state index in [-0.39, 0.29) is 5.91 Å². The molecule has 1 fully saturated rings. The molecule has 1 aliphatic heterocycles. The predicted octanol–water partition coefficient (Wildman–Crippen LogP) is 0.716. The smallest absolute Gasteiger partial charge is 0.328 e. The SMILES string of the molecule is O=C(O)C=Cc1ccccc1CN1CCNC(=O)C1. The van der Waals surface area contributed by atoms with Crippen LogP contribution in [0.1, 0.15) is 11.1 Å². The van der Waals surface area contributed by atoms with Gasteiger partial charge in [0, 0.05) is 25.7 Å². The fourth-order valence-corrected chi connectivity index (χ4v) is 2.07. The molecule has 5 heteroatoms. The molecule has 1 aliphatic rings. The van der Waals surface area contributed by atoms with E-state index in [2.05, 4.69) is 5.32 Å². The van der Waals surface area contributed by atoms with Crippen molar-refractivity contribution in [2.75, 3.05) is 19.6 Å². The number of carbonyl (C=O) groups excluding carboxylic acids is 1. The zero-order valence-electron chi connectivity index (χ0n) is 10.5. The van der Waals surface area contributed by atoms with E-state index in [0.717, 1.165) is 23.7 Å². The zero-order chi connectivity index (χ0) is 13.7. The van der Waals surface area contributed by atoms with Crippen molar-refractivity contribution in [3.05, 3.63) is 41.5 Å². The van der Waals surface area contributed by atoms with Crippen LogP contribution in [0.5, 0.6) is 0 Å². The number of carboxylic acid groups (broad SMARTS) is 1. The minimum Gasteiger partial charge on any atom is -0.478 e. The van der Waals surface area contributed by atoms with Crippen LogP contribution in [0.2, 0.25) is 0 Å². The Morgan fingerprint density at radius 2 is 2.21 bits per heavy atom. The van der Waals surface area contributed by atoms with Gasteiger partial charge in [-0.05, 0) is 17.2 Å². The summed E-state index contributed by atoms with van der Waals surface area (Å²) in [7, 11) is 0. The van der Waals surface area contributed by atoms with Gasteiger partial charge in [-0.2, -0.15) is 0 Å². The Bertz CT molecular complexity index is 511. The van der Waals surface area contributed by atoms with Crippen LogP contribution in [0.3, 0.4) is 0 Å². The Kier molecular flexibility index (Phi) is 4.30. The largest absolute Gasteiger partial charge is 0.478 e. The quantitative estimate of drug-likeness (QED) is 0.782. The van der Waals surface area contributed by atoms with Gasteiger partial charge in [0.1, 0.15) is 0 Å². The van der Waals surface area contributed by atoms with Crippen molar-refractivity contribution < 1.29 is 14.7 Å². The second-order valence-electron chi connectivity index (χ2n) is 4.43. The number of amides is 1. The predicted molar refractivity (Wildman–Crippen MR) is 71.4 cm³/mol. The lowest BCUT2D eigenvalue weighted by atomic mass is 10.1. The molecule has 1 aromatic rings. The van der Waals surface area contributed by atoms with Gasteiger partial charge in [-0.15, -0.1) is 0 Å². The third kappa shape index (κ3) is 3.93. The molecule has 0 bridgehead atoms. The molecule has 100 valence electrons. The van der Waals surface area contributed by atoms with Gasteiger partial charge < -0.3 is 10.4 Å². The molecule has 5 nitrogen and oxygen atoms in total. The lowest BCUT2D eigenvalue weighted by molar-refractivity contribution is -0.131. The first-order valence-electron chi connectivity index (χ1n) is 6.13. The van der Waals surface area contributed by atoms with Crippen LogP contribution in [-0.2, 0) is 16.1 Å². The van der Waals surface area contributed by atoms with Gasteiger partial charge in [-0.25, -0.2) is 4.79 Å². The third-order valence-corrected chi connectivity index (χ3v) is 2.97. The molecule has 19 heavy (non-hydrogen) atoms. The van der Waals surface area contributed by atoms with Gasteiger partial charge in [0.05, 0.1) is 6.54 Å². The highest BCUT2D eigenvalue weighted by atomic mass is 16.4. The van der Waals surface area contributed by atoms with Gasteiger partial charge in [0.2, 0.25) is 5.91 Å². The average Bonchev–Trinajstić information content (AvgIpc) is 2.38. The summed E-state index contributed by atoms with van der Waals surface area (Å²) in [5.41, 5.74) is 1.89. The first-order chi connectivity index (χ1) is 9.15. The van der Waals surface area contributed by atoms with Crippen molar-refractivity contribution in [2.45, 2.75) is 6.54 Å². The Balaban J connectivity index is 2.11. The number of hydrogen-bond donors (Lipinski definition) is 2. The zero-order valence-corrected chi connectivity index (χ0v) is 10.5. The summed E-state index contributed by atoms with van der Waals surface area (Å²) in [6.45, 7) is 2.50. The summed E-state index contributed by atoms with van der Waals surface area (Å²) in [6.07, 6.45) is 2.71. The molecule has 0 radical (unpaired) electrons. The Morgan fingerprint density at radius 1 is 1.42 bits per heavy atom. The number of aliphatic carboxylic acids is 1. The number of nitrogens with zero attached hydrogens (tertiary/aromatic N) is 1. The summed E-state index contributed by atoms with van der Waals surface area (Å²) in [6, 6.07) is 7.61. The highest BCUT2D eigenvalue weighted by Crippen LogP contribution is 2.14. The summed E-state index contributed by atoms with van der Waals surface area (Å²) in [4.78, 5) is 23.9. The molecule has 0 atom stereocenters. The molecule has 0 unspecified atom stereocenters. The fraction of sp³-hybridized carbons (Fsp3) is 0.286. The lowest BCUT2D eigenvalue weighted by Crippen LogP contribution is -2.47. The molecule has 0 aliphatic carbocycles. The summed E-state index contributed by atoms with van der Waals surface area (Å²) in [5.74, 6) is -0.933. The maximum absolute atomic E-state index is 11.3. The van der Waals surface area contributed by atoms with Gasteiger partial charge in [0.15, 0.2) is 0 Å². The monoisotopic (exact) mass is 260 g/mol. The highest BCUT2D eigenvalue weighted by Gasteiger charge is 2.16. The van der Waals surface area contributed by atoms with Gasteiger partial charge >= 0.3 is 5.97 Å². The van der Waals surface area contributed by atoms with Gasteiger partial charge in [0.25, 0.3) is 0 Å². The van der Waals surface area contributed by atoms with E-state index < -0.39 is 5.97 Å². The highest BCUT2D eigenvalue weighted by molar-refractivity contribution is 5.85. The average molecular weight is 260 g/mol. The van der Waals surface area contributed by atoms with Crippen molar-refractivity contribution in [1.29, 1.82) is 0 Å². The van der Waals surface area contributed by atoms with Crippen LogP contribution in [0.25, 0.3) is 6.08 Å². The van der Waals surface area contributed by atoms with Crippen molar-refractivity contribution >= 4 is 18.0 Å². The topological polar surface area (TPSA) is 69.6 Å². The molecular formula is C14H16N2O3. The van der Waals surface area contributed by atoms with E-state index in [9.17, 15) is 9.59 Å². The Hall–Kier alpha value is -2.14. The molecule has 1 aromatic carbocycles. The molecule has 1 heterocycles. The number of carbonyl (C=O) groups is 2. The second-order valence-corrected chi connectivity index (χ2v) is 4.43. The van der Waals surface area contributed by atoms with Crippen molar-refractivity contribution in [2.24, 2.45) is 0 Å². The number of hydrogen-bond acceptors (Lipinski definition) is 3. The normalized spacial score (nSPS) is 16.5. The van der Waals surface area contributed by atoms with E-state index in [1.54, 1.807) is 6.08 Å². The van der Waals surface area contributed by atoms with E-state index in [1.807, 2.05) is 29.2 Å². The minimum absolute atomic E-state index is 0.0322. The maximum atomic E-state index is 11.3. The van der Waals surface area contributed by atoms with E-state index in [4.69, 9.17) is 5.11 Å². The van der Waals surface area contributed by atoms with Crippen LogP contribution in [-0.4, -0.2) is 41.5 Å². The van der Waals surface area contributed by atoms with Crippen LogP contribution in [0.4, 0.5) is 0 Å². The minimum atomic E-state index is -0.966. The molecule has 2 N–H and O–H groups in total. The Morgan fingerprint density at radius 3 is 2.95 bits per heavy atom. The van der Waals surface area contributed by atoms with Crippen molar-refractivity contribution in [3.8, 4) is 0 Å². The molecule has 1 saturated heterocycles.